The highest BCUT2D eigenvalue weighted by atomic mass is 32.2. The highest BCUT2D eigenvalue weighted by molar-refractivity contribution is 7.98. The molecule has 1 aromatic heterocycles. The van der Waals surface area contributed by atoms with Crippen molar-refractivity contribution in [2.45, 2.75) is 17.3 Å². The third kappa shape index (κ3) is 3.06. The number of rotatable bonds is 4. The van der Waals surface area contributed by atoms with Crippen LogP contribution >= 0.6 is 23.1 Å². The first-order valence-corrected chi connectivity index (χ1v) is 6.46. The van der Waals surface area contributed by atoms with Crippen LogP contribution in [0.2, 0.25) is 0 Å². The summed E-state index contributed by atoms with van der Waals surface area (Å²) in [5.41, 5.74) is 0.958. The van der Waals surface area contributed by atoms with Crippen LogP contribution in [0.3, 0.4) is 0 Å². The van der Waals surface area contributed by atoms with Gasteiger partial charge in [0.15, 0.2) is 0 Å². The lowest BCUT2D eigenvalue weighted by Gasteiger charge is -2.01. The van der Waals surface area contributed by atoms with Gasteiger partial charge in [-0.05, 0) is 17.7 Å². The van der Waals surface area contributed by atoms with Gasteiger partial charge in [-0.3, -0.25) is 0 Å². The second kappa shape index (κ2) is 5.30. The molecule has 0 atom stereocenters. The summed E-state index contributed by atoms with van der Waals surface area (Å²) in [5.74, 6) is 0.895. The molecule has 0 fully saturated rings. The predicted octanol–water partition coefficient (Wildman–Crippen LogP) is 2.93. The topological polar surface area (TPSA) is 33.1 Å². The first-order chi connectivity index (χ1) is 7.38. The molecule has 0 aliphatic rings. The molecule has 0 radical (unpaired) electrons. The number of aromatic nitrogens is 1. The minimum absolute atomic E-state index is 0.103. The molecule has 0 spiro atoms. The lowest BCUT2D eigenvalue weighted by Crippen LogP contribution is -1.83. The molecule has 4 heteroatoms. The fourth-order valence-electron chi connectivity index (χ4n) is 1.20. The number of hydrogen-bond donors (Lipinski definition) is 1. The molecule has 0 saturated carbocycles. The van der Waals surface area contributed by atoms with E-state index in [-0.39, 0.29) is 6.61 Å². The molecule has 15 heavy (non-hydrogen) atoms. The second-order valence-electron chi connectivity index (χ2n) is 3.02. The van der Waals surface area contributed by atoms with Gasteiger partial charge in [0.25, 0.3) is 0 Å². The summed E-state index contributed by atoms with van der Waals surface area (Å²) in [6.07, 6.45) is 1.82. The van der Waals surface area contributed by atoms with Gasteiger partial charge in [0.05, 0.1) is 12.4 Å². The van der Waals surface area contributed by atoms with E-state index in [0.29, 0.717) is 0 Å². The molecular weight excluding hydrogens is 226 g/mol. The van der Waals surface area contributed by atoms with E-state index in [1.165, 1.54) is 4.90 Å². The number of thioether (sulfide) groups is 1. The summed E-state index contributed by atoms with van der Waals surface area (Å²) in [6, 6.07) is 7.96. The normalized spacial score (nSPS) is 10.5. The molecule has 0 amide bonds. The third-order valence-electron chi connectivity index (χ3n) is 1.93. The average Bonchev–Trinajstić information content (AvgIpc) is 2.79. The fourth-order valence-corrected chi connectivity index (χ4v) is 2.83. The smallest absolute Gasteiger partial charge is 0.103 e. The van der Waals surface area contributed by atoms with Crippen LogP contribution in [0.4, 0.5) is 0 Å². The first-order valence-electron chi connectivity index (χ1n) is 4.59. The molecule has 1 N–H and O–H groups in total. The zero-order chi connectivity index (χ0) is 10.5. The lowest BCUT2D eigenvalue weighted by atomic mass is 10.2. The zero-order valence-corrected chi connectivity index (χ0v) is 9.72. The average molecular weight is 237 g/mol. The Labute approximate surface area is 97.0 Å². The third-order valence-corrected chi connectivity index (χ3v) is 3.89. The van der Waals surface area contributed by atoms with Crippen molar-refractivity contribution in [2.24, 2.45) is 0 Å². The number of thiazole rings is 1. The predicted molar refractivity (Wildman–Crippen MR) is 64.0 cm³/mol. The highest BCUT2D eigenvalue weighted by Crippen LogP contribution is 2.24. The van der Waals surface area contributed by atoms with Crippen LogP contribution in [0, 0.1) is 0 Å². The summed E-state index contributed by atoms with van der Waals surface area (Å²) < 4.78 is 0. The summed E-state index contributed by atoms with van der Waals surface area (Å²) in [7, 11) is 0. The van der Waals surface area contributed by atoms with Gasteiger partial charge < -0.3 is 5.11 Å². The Kier molecular flexibility index (Phi) is 3.77. The van der Waals surface area contributed by atoms with Gasteiger partial charge >= 0.3 is 0 Å². The molecule has 2 rings (SSSR count). The molecule has 0 bridgehead atoms. The van der Waals surface area contributed by atoms with Crippen molar-refractivity contribution in [3.63, 3.8) is 0 Å². The number of benzene rings is 1. The largest absolute Gasteiger partial charge is 0.392 e. The highest BCUT2D eigenvalue weighted by Gasteiger charge is 1.99. The maximum atomic E-state index is 8.99. The molecule has 2 aromatic rings. The van der Waals surface area contributed by atoms with Crippen LogP contribution < -0.4 is 0 Å². The van der Waals surface area contributed by atoms with E-state index < -0.39 is 0 Å². The van der Waals surface area contributed by atoms with E-state index in [9.17, 15) is 0 Å². The van der Waals surface area contributed by atoms with Crippen molar-refractivity contribution < 1.29 is 5.11 Å². The standard InChI is InChI=1S/C11H11NOS2/c13-7-9-2-1-3-10(6-9)15-8-11-12-4-5-14-11/h1-6,13H,7-8H2. The first kappa shape index (κ1) is 10.7. The van der Waals surface area contributed by atoms with Crippen molar-refractivity contribution >= 4 is 23.1 Å². The molecule has 0 aliphatic heterocycles. The maximum absolute atomic E-state index is 8.99. The number of nitrogens with zero attached hydrogens (tertiary/aromatic N) is 1. The van der Waals surface area contributed by atoms with Crippen LogP contribution in [0.25, 0.3) is 0 Å². The molecule has 0 unspecified atom stereocenters. The SMILES string of the molecule is OCc1cccc(SCc2nccs2)c1. The minimum atomic E-state index is 0.103. The number of hydrogen-bond acceptors (Lipinski definition) is 4. The molecule has 2 nitrogen and oxygen atoms in total. The number of aliphatic hydroxyl groups excluding tert-OH is 1. The molecule has 78 valence electrons. The second-order valence-corrected chi connectivity index (χ2v) is 5.05. The van der Waals surface area contributed by atoms with Gasteiger partial charge in [-0.15, -0.1) is 23.1 Å². The van der Waals surface area contributed by atoms with Crippen LogP contribution in [0.5, 0.6) is 0 Å². The van der Waals surface area contributed by atoms with Crippen LogP contribution in [0.15, 0.2) is 40.7 Å². The minimum Gasteiger partial charge on any atom is -0.392 e. The van der Waals surface area contributed by atoms with Crippen LogP contribution in [0.1, 0.15) is 10.6 Å². The Hall–Kier alpha value is -0.840. The zero-order valence-electron chi connectivity index (χ0n) is 8.09. The van der Waals surface area contributed by atoms with Gasteiger partial charge in [-0.25, -0.2) is 4.98 Å². The fraction of sp³-hybridized carbons (Fsp3) is 0.182. The molecule has 1 aromatic carbocycles. The Bertz CT molecular complexity index is 414. The van der Waals surface area contributed by atoms with Crippen molar-refractivity contribution in [1.82, 2.24) is 4.98 Å². The van der Waals surface area contributed by atoms with Crippen LogP contribution in [-0.2, 0) is 12.4 Å². The van der Waals surface area contributed by atoms with Gasteiger partial charge in [0.1, 0.15) is 5.01 Å². The van der Waals surface area contributed by atoms with Crippen molar-refractivity contribution in [3.8, 4) is 0 Å². The van der Waals surface area contributed by atoms with Gasteiger partial charge in [0.2, 0.25) is 0 Å². The summed E-state index contributed by atoms with van der Waals surface area (Å²) in [6.45, 7) is 0.103. The molecule has 1 heterocycles. The molecule has 0 aliphatic carbocycles. The Morgan fingerprint density at radius 3 is 3.07 bits per heavy atom. The van der Waals surface area contributed by atoms with E-state index in [1.807, 2.05) is 29.8 Å². The summed E-state index contributed by atoms with van der Waals surface area (Å²) in [4.78, 5) is 5.40. The summed E-state index contributed by atoms with van der Waals surface area (Å²) >= 11 is 3.42. The lowest BCUT2D eigenvalue weighted by molar-refractivity contribution is 0.281. The van der Waals surface area contributed by atoms with E-state index in [1.54, 1.807) is 23.1 Å². The monoisotopic (exact) mass is 237 g/mol. The Morgan fingerprint density at radius 2 is 2.33 bits per heavy atom. The van der Waals surface area contributed by atoms with Gasteiger partial charge in [-0.1, -0.05) is 12.1 Å². The molecular formula is C11H11NOS2. The van der Waals surface area contributed by atoms with Gasteiger partial charge in [0, 0.05) is 16.5 Å². The van der Waals surface area contributed by atoms with Crippen molar-refractivity contribution in [1.29, 1.82) is 0 Å². The van der Waals surface area contributed by atoms with Gasteiger partial charge in [-0.2, -0.15) is 0 Å². The van der Waals surface area contributed by atoms with E-state index in [4.69, 9.17) is 5.11 Å². The van der Waals surface area contributed by atoms with E-state index >= 15 is 0 Å². The summed E-state index contributed by atoms with van der Waals surface area (Å²) in [5, 5.41) is 12.1. The Morgan fingerprint density at radius 1 is 1.40 bits per heavy atom. The quantitative estimate of drug-likeness (QED) is 0.830. The Balaban J connectivity index is 1.98. The van der Waals surface area contributed by atoms with Crippen LogP contribution in [-0.4, -0.2) is 10.1 Å². The van der Waals surface area contributed by atoms with E-state index in [2.05, 4.69) is 11.1 Å². The molecule has 0 saturated heterocycles. The van der Waals surface area contributed by atoms with Crippen molar-refractivity contribution in [2.75, 3.05) is 0 Å². The maximum Gasteiger partial charge on any atom is 0.103 e. The number of aliphatic hydroxyl groups is 1. The van der Waals surface area contributed by atoms with E-state index in [0.717, 1.165) is 16.3 Å². The van der Waals surface area contributed by atoms with Crippen molar-refractivity contribution in [3.05, 3.63) is 46.4 Å².